The summed E-state index contributed by atoms with van der Waals surface area (Å²) in [5.74, 6) is 0.448. The maximum Gasteiger partial charge on any atom is 0.332 e. The predicted molar refractivity (Wildman–Crippen MR) is 103 cm³/mol. The molecule has 0 saturated heterocycles. The molecule has 3 aromatic rings. The Balaban J connectivity index is 2.13. The van der Waals surface area contributed by atoms with E-state index in [0.717, 1.165) is 5.56 Å². The normalized spacial score (nSPS) is 12.7. The maximum absolute atomic E-state index is 12.9. The van der Waals surface area contributed by atoms with Crippen LogP contribution in [-0.4, -0.2) is 35.6 Å². The fraction of sp³-hybridized carbons (Fsp3) is 0.353. The number of halogens is 1. The standard InChI is InChI=1S/C17H19ClN4O3S/c1-10(23)9-26-16-19-14-13(20(16)2)15(24)22(17(25)21(14)3)8-11-4-6-12(18)7-5-11/h4-7,10,23H,8-9H2,1-3H3/t10-/m1/s1. The summed E-state index contributed by atoms with van der Waals surface area (Å²) in [6.45, 7) is 1.84. The Morgan fingerprint density at radius 1 is 1.19 bits per heavy atom. The molecule has 7 nitrogen and oxygen atoms in total. The zero-order valence-electron chi connectivity index (χ0n) is 14.6. The molecule has 0 aliphatic carbocycles. The Morgan fingerprint density at radius 3 is 2.46 bits per heavy atom. The van der Waals surface area contributed by atoms with Gasteiger partial charge in [-0.05, 0) is 24.6 Å². The monoisotopic (exact) mass is 394 g/mol. The van der Waals surface area contributed by atoms with Gasteiger partial charge in [-0.3, -0.25) is 13.9 Å². The summed E-state index contributed by atoms with van der Waals surface area (Å²) in [6, 6.07) is 7.01. The van der Waals surface area contributed by atoms with Gasteiger partial charge >= 0.3 is 5.69 Å². The number of benzene rings is 1. The van der Waals surface area contributed by atoms with Gasteiger partial charge in [0.05, 0.1) is 12.6 Å². The average Bonchev–Trinajstić information content (AvgIpc) is 2.93. The van der Waals surface area contributed by atoms with E-state index in [1.165, 1.54) is 20.9 Å². The molecule has 0 aliphatic rings. The van der Waals surface area contributed by atoms with Gasteiger partial charge in [0.15, 0.2) is 16.3 Å². The molecule has 0 fully saturated rings. The van der Waals surface area contributed by atoms with Crippen molar-refractivity contribution in [2.24, 2.45) is 14.1 Å². The molecule has 0 bridgehead atoms. The van der Waals surface area contributed by atoms with Crippen LogP contribution in [-0.2, 0) is 20.6 Å². The van der Waals surface area contributed by atoms with E-state index >= 15 is 0 Å². The highest BCUT2D eigenvalue weighted by atomic mass is 35.5. The first kappa shape index (κ1) is 18.8. The highest BCUT2D eigenvalue weighted by molar-refractivity contribution is 7.99. The Morgan fingerprint density at radius 2 is 1.85 bits per heavy atom. The molecule has 2 aromatic heterocycles. The molecule has 9 heteroatoms. The molecular weight excluding hydrogens is 376 g/mol. The summed E-state index contributed by atoms with van der Waals surface area (Å²) in [5.41, 5.74) is 0.676. The van der Waals surface area contributed by atoms with Gasteiger partial charge in [-0.2, -0.15) is 0 Å². The minimum atomic E-state index is -0.495. The fourth-order valence-electron chi connectivity index (χ4n) is 2.66. The van der Waals surface area contributed by atoms with Crippen LogP contribution in [0.3, 0.4) is 0 Å². The number of nitrogens with zero attached hydrogens (tertiary/aromatic N) is 4. The van der Waals surface area contributed by atoms with Crippen LogP contribution in [0.25, 0.3) is 11.2 Å². The van der Waals surface area contributed by atoms with Gasteiger partial charge in [-0.25, -0.2) is 9.78 Å². The predicted octanol–water partition coefficient (Wildman–Crippen LogP) is 1.61. The molecule has 0 aliphatic heterocycles. The lowest BCUT2D eigenvalue weighted by Gasteiger charge is -2.09. The first-order chi connectivity index (χ1) is 12.3. The Bertz CT molecular complexity index is 1070. The lowest BCUT2D eigenvalue weighted by molar-refractivity contribution is 0.220. The molecule has 1 atom stereocenters. The van der Waals surface area contributed by atoms with E-state index in [-0.39, 0.29) is 6.54 Å². The van der Waals surface area contributed by atoms with E-state index in [0.29, 0.717) is 27.1 Å². The van der Waals surface area contributed by atoms with Crippen molar-refractivity contribution in [3.63, 3.8) is 0 Å². The highest BCUT2D eigenvalue weighted by Crippen LogP contribution is 2.20. The summed E-state index contributed by atoms with van der Waals surface area (Å²) in [7, 11) is 3.33. The third kappa shape index (κ3) is 3.44. The van der Waals surface area contributed by atoms with Crippen molar-refractivity contribution in [3.8, 4) is 0 Å². The second kappa shape index (κ2) is 7.30. The Kier molecular flexibility index (Phi) is 5.27. The number of rotatable bonds is 5. The minimum absolute atomic E-state index is 0.153. The summed E-state index contributed by atoms with van der Waals surface area (Å²) < 4.78 is 4.23. The molecule has 1 N–H and O–H groups in total. The fourth-order valence-corrected chi connectivity index (χ4v) is 3.61. The molecule has 1 aromatic carbocycles. The van der Waals surface area contributed by atoms with Crippen LogP contribution in [0, 0.1) is 0 Å². The molecule has 0 radical (unpaired) electrons. The van der Waals surface area contributed by atoms with Gasteiger partial charge in [-0.1, -0.05) is 35.5 Å². The number of hydrogen-bond donors (Lipinski definition) is 1. The third-order valence-corrected chi connectivity index (χ3v) is 5.55. The van der Waals surface area contributed by atoms with Gasteiger partial charge < -0.3 is 9.67 Å². The lowest BCUT2D eigenvalue weighted by atomic mass is 10.2. The van der Waals surface area contributed by atoms with Crippen LogP contribution in [0.5, 0.6) is 0 Å². The molecule has 138 valence electrons. The van der Waals surface area contributed by atoms with E-state index < -0.39 is 17.4 Å². The van der Waals surface area contributed by atoms with Crippen molar-refractivity contribution < 1.29 is 5.11 Å². The number of aliphatic hydroxyl groups excluding tert-OH is 1. The molecule has 0 spiro atoms. The van der Waals surface area contributed by atoms with E-state index in [1.54, 1.807) is 49.9 Å². The van der Waals surface area contributed by atoms with Crippen molar-refractivity contribution in [1.82, 2.24) is 18.7 Å². The molecule has 0 unspecified atom stereocenters. The van der Waals surface area contributed by atoms with E-state index in [1.807, 2.05) is 0 Å². The van der Waals surface area contributed by atoms with Gasteiger partial charge in [0.25, 0.3) is 5.56 Å². The van der Waals surface area contributed by atoms with Crippen LogP contribution in [0.4, 0.5) is 0 Å². The second-order valence-corrected chi connectivity index (χ2v) is 7.57. The van der Waals surface area contributed by atoms with Crippen molar-refractivity contribution in [1.29, 1.82) is 0 Å². The quantitative estimate of drug-likeness (QED) is 0.665. The maximum atomic E-state index is 12.9. The summed E-state index contributed by atoms with van der Waals surface area (Å²) in [6.07, 6.45) is -0.495. The number of aryl methyl sites for hydroxylation is 2. The molecule has 0 saturated carbocycles. The van der Waals surface area contributed by atoms with Gasteiger partial charge in [0, 0.05) is 24.9 Å². The van der Waals surface area contributed by atoms with Gasteiger partial charge in [0.1, 0.15) is 0 Å². The van der Waals surface area contributed by atoms with Crippen molar-refractivity contribution in [3.05, 3.63) is 55.7 Å². The summed E-state index contributed by atoms with van der Waals surface area (Å²) >= 11 is 7.23. The number of hydrogen-bond acceptors (Lipinski definition) is 5. The Labute approximate surface area is 158 Å². The topological polar surface area (TPSA) is 82.1 Å². The zero-order chi connectivity index (χ0) is 19.0. The molecule has 3 rings (SSSR count). The van der Waals surface area contributed by atoms with E-state index in [9.17, 15) is 14.7 Å². The largest absolute Gasteiger partial charge is 0.393 e. The van der Waals surface area contributed by atoms with Crippen LogP contribution in [0.15, 0.2) is 39.0 Å². The van der Waals surface area contributed by atoms with Crippen LogP contribution < -0.4 is 11.2 Å². The highest BCUT2D eigenvalue weighted by Gasteiger charge is 2.19. The van der Waals surface area contributed by atoms with Crippen molar-refractivity contribution in [2.45, 2.75) is 24.7 Å². The van der Waals surface area contributed by atoms with Crippen molar-refractivity contribution in [2.75, 3.05) is 5.75 Å². The molecule has 26 heavy (non-hydrogen) atoms. The minimum Gasteiger partial charge on any atom is -0.393 e. The zero-order valence-corrected chi connectivity index (χ0v) is 16.2. The van der Waals surface area contributed by atoms with Crippen LogP contribution in [0.1, 0.15) is 12.5 Å². The molecular formula is C17H19ClN4O3S. The second-order valence-electron chi connectivity index (χ2n) is 6.14. The molecule has 2 heterocycles. The Hall–Kier alpha value is -2.03. The van der Waals surface area contributed by atoms with E-state index in [2.05, 4.69) is 4.98 Å². The number of aliphatic hydroxyl groups is 1. The number of fused-ring (bicyclic) bond motifs is 1. The average molecular weight is 395 g/mol. The third-order valence-electron chi connectivity index (χ3n) is 4.03. The van der Waals surface area contributed by atoms with Crippen LogP contribution >= 0.6 is 23.4 Å². The number of aromatic nitrogens is 4. The first-order valence-electron chi connectivity index (χ1n) is 8.01. The summed E-state index contributed by atoms with van der Waals surface area (Å²) in [4.78, 5) is 30.0. The van der Waals surface area contributed by atoms with Crippen LogP contribution in [0.2, 0.25) is 5.02 Å². The van der Waals surface area contributed by atoms with Gasteiger partial charge in [0.2, 0.25) is 0 Å². The molecule has 0 amide bonds. The number of thioether (sulfide) groups is 1. The lowest BCUT2D eigenvalue weighted by Crippen LogP contribution is -2.39. The van der Waals surface area contributed by atoms with Gasteiger partial charge in [-0.15, -0.1) is 0 Å². The SMILES string of the molecule is C[C@@H](O)CSc1nc2c(c(=O)n(Cc3ccc(Cl)cc3)c(=O)n2C)n1C. The smallest absolute Gasteiger partial charge is 0.332 e. The van der Waals surface area contributed by atoms with E-state index in [4.69, 9.17) is 11.6 Å². The number of imidazole rings is 1. The first-order valence-corrected chi connectivity index (χ1v) is 9.37. The summed E-state index contributed by atoms with van der Waals surface area (Å²) in [5, 5.41) is 10.6. The van der Waals surface area contributed by atoms with Crippen molar-refractivity contribution >= 4 is 34.5 Å².